The van der Waals surface area contributed by atoms with Gasteiger partial charge in [-0.2, -0.15) is 0 Å². The van der Waals surface area contributed by atoms with Gasteiger partial charge in [-0.3, -0.25) is 0 Å². The molecule has 0 aliphatic carbocycles. The Morgan fingerprint density at radius 2 is 2.21 bits per heavy atom. The van der Waals surface area contributed by atoms with Crippen LogP contribution in [0.25, 0.3) is 0 Å². The second-order valence-corrected chi connectivity index (χ2v) is 4.84. The van der Waals surface area contributed by atoms with Crippen molar-refractivity contribution in [3.8, 4) is 0 Å². The summed E-state index contributed by atoms with van der Waals surface area (Å²) < 4.78 is 15.1. The van der Waals surface area contributed by atoms with Crippen LogP contribution in [-0.4, -0.2) is 25.2 Å². The lowest BCUT2D eigenvalue weighted by Crippen LogP contribution is -2.22. The zero-order valence-corrected chi connectivity index (χ0v) is 11.6. The minimum absolute atomic E-state index is 0.300. The maximum atomic E-state index is 11.2. The van der Waals surface area contributed by atoms with Crippen molar-refractivity contribution in [2.24, 2.45) is 0 Å². The molecule has 1 atom stereocenters. The van der Waals surface area contributed by atoms with Crippen molar-refractivity contribution in [1.82, 2.24) is 0 Å². The monoisotopic (exact) mass is 284 g/mol. The molecule has 0 spiro atoms. The summed E-state index contributed by atoms with van der Waals surface area (Å²) in [5, 5.41) is 0.763. The normalized spacial score (nSPS) is 20.9. The molecule has 1 aromatic rings. The molecular weight excluding hydrogens is 268 g/mol. The molecule has 0 saturated carbocycles. The smallest absolute Gasteiger partial charge is 0.435 e. The van der Waals surface area contributed by atoms with Crippen molar-refractivity contribution in [2.75, 3.05) is 13.2 Å². The van der Waals surface area contributed by atoms with Gasteiger partial charge in [0.25, 0.3) is 0 Å². The number of carbonyl (C=O) groups is 1. The van der Waals surface area contributed by atoms with Crippen molar-refractivity contribution < 1.29 is 19.0 Å². The van der Waals surface area contributed by atoms with E-state index in [0.29, 0.717) is 19.6 Å². The van der Waals surface area contributed by atoms with E-state index >= 15 is 0 Å². The number of hydrogen-bond acceptors (Lipinski definition) is 4. The minimum atomic E-state index is -0.770. The second kappa shape index (κ2) is 6.26. The maximum absolute atomic E-state index is 11.2. The highest BCUT2D eigenvalue weighted by atomic mass is 35.5. The molecule has 1 aromatic carbocycles. The van der Waals surface area contributed by atoms with E-state index in [1.165, 1.54) is 0 Å². The van der Waals surface area contributed by atoms with Crippen LogP contribution in [0.5, 0.6) is 0 Å². The van der Waals surface area contributed by atoms with E-state index in [-0.39, 0.29) is 0 Å². The minimum Gasteiger partial charge on any atom is -0.435 e. The standard InChI is InChI=1S/C14H17ClO4/c1-2-17-13(16)19-14(10-18-14)9-5-7-11-6-3-4-8-12(11)15/h3-4,6,8H,2,5,7,9-10H2,1H3. The van der Waals surface area contributed by atoms with Crippen LogP contribution in [0.3, 0.4) is 0 Å². The molecule has 1 aliphatic rings. The molecule has 19 heavy (non-hydrogen) atoms. The largest absolute Gasteiger partial charge is 0.510 e. The fourth-order valence-corrected chi connectivity index (χ4v) is 2.11. The summed E-state index contributed by atoms with van der Waals surface area (Å²) in [5.41, 5.74) is 1.09. The van der Waals surface area contributed by atoms with Gasteiger partial charge in [0, 0.05) is 11.4 Å². The number of carbonyl (C=O) groups excluding carboxylic acids is 1. The Balaban J connectivity index is 1.76. The van der Waals surface area contributed by atoms with Gasteiger partial charge in [-0.25, -0.2) is 4.79 Å². The third-order valence-electron chi connectivity index (χ3n) is 2.96. The Kier molecular flexibility index (Phi) is 4.66. The molecule has 1 aliphatic heterocycles. The van der Waals surface area contributed by atoms with E-state index in [1.807, 2.05) is 24.3 Å². The molecule has 1 unspecified atom stereocenters. The third kappa shape index (κ3) is 4.11. The number of halogens is 1. The van der Waals surface area contributed by atoms with E-state index < -0.39 is 11.9 Å². The topological polar surface area (TPSA) is 48.1 Å². The first-order valence-electron chi connectivity index (χ1n) is 6.38. The van der Waals surface area contributed by atoms with Gasteiger partial charge in [-0.05, 0) is 31.4 Å². The Morgan fingerprint density at radius 3 is 2.84 bits per heavy atom. The van der Waals surface area contributed by atoms with Crippen LogP contribution in [0, 0.1) is 0 Å². The van der Waals surface area contributed by atoms with Gasteiger partial charge in [-0.15, -0.1) is 0 Å². The summed E-state index contributed by atoms with van der Waals surface area (Å²) in [6.45, 7) is 2.47. The summed E-state index contributed by atoms with van der Waals surface area (Å²) >= 11 is 6.08. The highest BCUT2D eigenvalue weighted by Gasteiger charge is 2.49. The molecule has 1 heterocycles. The predicted molar refractivity (Wildman–Crippen MR) is 71.2 cm³/mol. The Bertz CT molecular complexity index is 443. The number of ether oxygens (including phenoxy) is 3. The number of rotatable bonds is 6. The zero-order valence-electron chi connectivity index (χ0n) is 10.9. The average molecular weight is 285 g/mol. The van der Waals surface area contributed by atoms with Crippen LogP contribution in [0.15, 0.2) is 24.3 Å². The first-order valence-corrected chi connectivity index (χ1v) is 6.76. The average Bonchev–Trinajstić information content (AvgIpc) is 3.12. The quantitative estimate of drug-likeness (QED) is 0.592. The lowest BCUT2D eigenvalue weighted by molar-refractivity contribution is -0.0378. The molecule has 0 bridgehead atoms. The van der Waals surface area contributed by atoms with Gasteiger partial charge < -0.3 is 14.2 Å². The van der Waals surface area contributed by atoms with Crippen molar-refractivity contribution in [3.05, 3.63) is 34.9 Å². The highest BCUT2D eigenvalue weighted by molar-refractivity contribution is 6.31. The van der Waals surface area contributed by atoms with Crippen LogP contribution in [-0.2, 0) is 20.6 Å². The van der Waals surface area contributed by atoms with E-state index in [2.05, 4.69) is 0 Å². The first kappa shape index (κ1) is 14.2. The molecule has 1 fully saturated rings. The van der Waals surface area contributed by atoms with Crippen molar-refractivity contribution >= 4 is 17.8 Å². The fraction of sp³-hybridized carbons (Fsp3) is 0.500. The lowest BCUT2D eigenvalue weighted by atomic mass is 10.1. The van der Waals surface area contributed by atoms with E-state index in [1.54, 1.807) is 6.92 Å². The summed E-state index contributed by atoms with van der Waals surface area (Å²) in [7, 11) is 0. The lowest BCUT2D eigenvalue weighted by Gasteiger charge is -2.12. The maximum Gasteiger partial charge on any atom is 0.510 e. The second-order valence-electron chi connectivity index (χ2n) is 4.43. The van der Waals surface area contributed by atoms with Gasteiger partial charge >= 0.3 is 6.16 Å². The summed E-state index contributed by atoms with van der Waals surface area (Å²) in [6.07, 6.45) is 1.65. The molecular formula is C14H17ClO4. The van der Waals surface area contributed by atoms with E-state index in [0.717, 1.165) is 23.4 Å². The van der Waals surface area contributed by atoms with E-state index in [9.17, 15) is 4.79 Å². The Labute approximate surface area is 117 Å². The first-order chi connectivity index (χ1) is 9.15. The molecule has 2 rings (SSSR count). The number of epoxide rings is 1. The highest BCUT2D eigenvalue weighted by Crippen LogP contribution is 2.34. The molecule has 0 aromatic heterocycles. The van der Waals surface area contributed by atoms with Gasteiger partial charge in [0.15, 0.2) is 0 Å². The number of hydrogen-bond donors (Lipinski definition) is 0. The van der Waals surface area contributed by atoms with Crippen LogP contribution in [0.1, 0.15) is 25.3 Å². The summed E-state index contributed by atoms with van der Waals surface area (Å²) in [6, 6.07) is 7.73. The van der Waals surface area contributed by atoms with Crippen LogP contribution >= 0.6 is 11.6 Å². The van der Waals surface area contributed by atoms with Crippen molar-refractivity contribution in [2.45, 2.75) is 32.0 Å². The summed E-state index contributed by atoms with van der Waals surface area (Å²) in [4.78, 5) is 11.2. The van der Waals surface area contributed by atoms with Crippen LogP contribution in [0.2, 0.25) is 5.02 Å². The number of aryl methyl sites for hydroxylation is 1. The SMILES string of the molecule is CCOC(=O)OC1(CCCc2ccccc2Cl)CO1. The van der Waals surface area contributed by atoms with Gasteiger partial charge in [0.05, 0.1) is 6.61 Å². The fourth-order valence-electron chi connectivity index (χ4n) is 1.88. The third-order valence-corrected chi connectivity index (χ3v) is 3.33. The van der Waals surface area contributed by atoms with Crippen molar-refractivity contribution in [1.29, 1.82) is 0 Å². The number of benzene rings is 1. The molecule has 5 heteroatoms. The Morgan fingerprint density at radius 1 is 1.47 bits per heavy atom. The Hall–Kier alpha value is -1.26. The van der Waals surface area contributed by atoms with Gasteiger partial charge in [0.1, 0.15) is 6.61 Å². The molecule has 4 nitrogen and oxygen atoms in total. The summed E-state index contributed by atoms with van der Waals surface area (Å²) in [5.74, 6) is -0.770. The molecule has 104 valence electrons. The molecule has 0 radical (unpaired) electrons. The van der Waals surface area contributed by atoms with Gasteiger partial charge in [0.2, 0.25) is 5.79 Å². The van der Waals surface area contributed by atoms with Crippen LogP contribution in [0.4, 0.5) is 4.79 Å². The molecule has 0 N–H and O–H groups in total. The zero-order chi connectivity index (χ0) is 13.7. The van der Waals surface area contributed by atoms with E-state index in [4.69, 9.17) is 25.8 Å². The molecule has 1 saturated heterocycles. The molecule has 0 amide bonds. The predicted octanol–water partition coefficient (Wildman–Crippen LogP) is 3.56. The van der Waals surface area contributed by atoms with Crippen LogP contribution < -0.4 is 0 Å². The van der Waals surface area contributed by atoms with Gasteiger partial charge in [-0.1, -0.05) is 29.8 Å². The van der Waals surface area contributed by atoms with Crippen molar-refractivity contribution in [3.63, 3.8) is 0 Å².